The number of amides is 3. The number of piperidine rings is 1. The molecule has 0 spiro atoms. The van der Waals surface area contributed by atoms with Gasteiger partial charge in [0.15, 0.2) is 6.29 Å². The van der Waals surface area contributed by atoms with Crippen molar-refractivity contribution < 1.29 is 23.9 Å². The second-order valence-corrected chi connectivity index (χ2v) is 6.84. The molecule has 1 atom stereocenters. The monoisotopic (exact) mass is 358 g/mol. The summed E-state index contributed by atoms with van der Waals surface area (Å²) in [6.45, 7) is 1.81. The summed E-state index contributed by atoms with van der Waals surface area (Å²) < 4.78 is 11.2. The molecule has 3 fully saturated rings. The van der Waals surface area contributed by atoms with Crippen molar-refractivity contribution in [2.24, 2.45) is 0 Å². The highest BCUT2D eigenvalue weighted by atomic mass is 16.7. The molecule has 0 radical (unpaired) electrons. The molecule has 1 aromatic rings. The maximum Gasteiger partial charge on any atom is 0.254 e. The Balaban J connectivity index is 1.51. The molecule has 3 aliphatic heterocycles. The lowest BCUT2D eigenvalue weighted by Crippen LogP contribution is -2.50. The van der Waals surface area contributed by atoms with E-state index in [0.717, 1.165) is 19.3 Å². The Labute approximate surface area is 151 Å². The zero-order valence-corrected chi connectivity index (χ0v) is 14.6. The number of carbonyl (C=O) groups is 3. The first-order chi connectivity index (χ1) is 12.6. The van der Waals surface area contributed by atoms with Gasteiger partial charge in [-0.05, 0) is 43.5 Å². The highest BCUT2D eigenvalue weighted by molar-refractivity contribution is 6.19. The Morgan fingerprint density at radius 2 is 1.62 bits per heavy atom. The Bertz CT molecular complexity index is 695. The van der Waals surface area contributed by atoms with E-state index < -0.39 is 0 Å². The second kappa shape index (κ2) is 7.17. The van der Waals surface area contributed by atoms with Gasteiger partial charge in [0.1, 0.15) is 0 Å². The van der Waals surface area contributed by atoms with Crippen molar-refractivity contribution in [1.29, 1.82) is 0 Å². The molecule has 3 saturated heterocycles. The second-order valence-electron chi connectivity index (χ2n) is 6.84. The van der Waals surface area contributed by atoms with Crippen molar-refractivity contribution in [2.45, 2.75) is 44.4 Å². The van der Waals surface area contributed by atoms with E-state index in [9.17, 15) is 14.4 Å². The van der Waals surface area contributed by atoms with Gasteiger partial charge in [0.05, 0.1) is 24.9 Å². The molecule has 26 heavy (non-hydrogen) atoms. The maximum atomic E-state index is 13.0. The number of likely N-dealkylation sites (tertiary alicyclic amines) is 1. The molecule has 0 bridgehead atoms. The highest BCUT2D eigenvalue weighted by Gasteiger charge is 2.36. The standard InChI is InChI=1S/C19H22N2O5/c22-16-8-9-17(23)21(16)14-6-4-13(5-7-14)18(24)20-10-2-1-3-15(20)19-25-11-12-26-19/h4-7,15,19H,1-3,8-12H2. The largest absolute Gasteiger partial charge is 0.348 e. The van der Waals surface area contributed by atoms with E-state index in [-0.39, 0.29) is 42.9 Å². The lowest BCUT2D eigenvalue weighted by molar-refractivity contribution is -0.121. The van der Waals surface area contributed by atoms with Crippen LogP contribution in [0.5, 0.6) is 0 Å². The Morgan fingerprint density at radius 1 is 0.962 bits per heavy atom. The number of hydrogen-bond donors (Lipinski definition) is 0. The first kappa shape index (κ1) is 17.2. The van der Waals surface area contributed by atoms with E-state index in [1.54, 1.807) is 24.3 Å². The van der Waals surface area contributed by atoms with Crippen molar-refractivity contribution in [1.82, 2.24) is 4.90 Å². The van der Waals surface area contributed by atoms with Crippen molar-refractivity contribution >= 4 is 23.4 Å². The van der Waals surface area contributed by atoms with E-state index in [1.165, 1.54) is 4.90 Å². The van der Waals surface area contributed by atoms with Crippen LogP contribution in [-0.4, -0.2) is 54.7 Å². The minimum atomic E-state index is -0.349. The van der Waals surface area contributed by atoms with Gasteiger partial charge in [-0.2, -0.15) is 0 Å². The van der Waals surface area contributed by atoms with E-state index in [0.29, 0.717) is 31.0 Å². The van der Waals surface area contributed by atoms with Gasteiger partial charge >= 0.3 is 0 Å². The van der Waals surface area contributed by atoms with Crippen LogP contribution in [0.3, 0.4) is 0 Å². The van der Waals surface area contributed by atoms with Crippen LogP contribution in [-0.2, 0) is 19.1 Å². The summed E-state index contributed by atoms with van der Waals surface area (Å²) in [7, 11) is 0. The molecule has 0 N–H and O–H groups in total. The molecule has 4 rings (SSSR count). The van der Waals surface area contributed by atoms with Crippen molar-refractivity contribution in [3.05, 3.63) is 29.8 Å². The predicted molar refractivity (Wildman–Crippen MR) is 92.5 cm³/mol. The van der Waals surface area contributed by atoms with Gasteiger partial charge in [0.25, 0.3) is 5.91 Å². The summed E-state index contributed by atoms with van der Waals surface area (Å²) in [6, 6.07) is 6.61. The van der Waals surface area contributed by atoms with E-state index in [2.05, 4.69) is 0 Å². The number of carbonyl (C=O) groups excluding carboxylic acids is 3. The summed E-state index contributed by atoms with van der Waals surface area (Å²) >= 11 is 0. The Hall–Kier alpha value is -2.25. The molecule has 1 unspecified atom stereocenters. The molecular formula is C19H22N2O5. The first-order valence-electron chi connectivity index (χ1n) is 9.15. The molecular weight excluding hydrogens is 336 g/mol. The Morgan fingerprint density at radius 3 is 2.27 bits per heavy atom. The summed E-state index contributed by atoms with van der Waals surface area (Å²) in [5, 5.41) is 0. The molecule has 138 valence electrons. The van der Waals surface area contributed by atoms with Crippen LogP contribution in [0, 0.1) is 0 Å². The van der Waals surface area contributed by atoms with Gasteiger partial charge in [-0.1, -0.05) is 0 Å². The van der Waals surface area contributed by atoms with Gasteiger partial charge in [0.2, 0.25) is 11.8 Å². The summed E-state index contributed by atoms with van der Waals surface area (Å²) in [5.41, 5.74) is 1.06. The minimum absolute atomic E-state index is 0.0693. The number of imide groups is 1. The number of benzene rings is 1. The minimum Gasteiger partial charge on any atom is -0.348 e. The third kappa shape index (κ3) is 3.12. The van der Waals surface area contributed by atoms with Crippen LogP contribution in [0.25, 0.3) is 0 Å². The first-order valence-corrected chi connectivity index (χ1v) is 9.15. The molecule has 1 aromatic carbocycles. The summed E-state index contributed by atoms with van der Waals surface area (Å²) in [5.74, 6) is -0.458. The molecule has 0 saturated carbocycles. The summed E-state index contributed by atoms with van der Waals surface area (Å²) in [4.78, 5) is 39.7. The third-order valence-electron chi connectivity index (χ3n) is 5.20. The molecule has 7 heteroatoms. The van der Waals surface area contributed by atoms with Crippen LogP contribution in [0.2, 0.25) is 0 Å². The topological polar surface area (TPSA) is 76.2 Å². The number of rotatable bonds is 3. The fourth-order valence-electron chi connectivity index (χ4n) is 3.87. The maximum absolute atomic E-state index is 13.0. The van der Waals surface area contributed by atoms with Crippen LogP contribution < -0.4 is 4.90 Å². The average molecular weight is 358 g/mol. The van der Waals surface area contributed by atoms with E-state index in [1.807, 2.05) is 4.90 Å². The normalized spacial score (nSPS) is 24.5. The van der Waals surface area contributed by atoms with Gasteiger partial charge < -0.3 is 14.4 Å². The molecule has 0 aliphatic carbocycles. The molecule has 3 heterocycles. The summed E-state index contributed by atoms with van der Waals surface area (Å²) in [6.07, 6.45) is 3.02. The average Bonchev–Trinajstić information content (AvgIpc) is 3.32. The quantitative estimate of drug-likeness (QED) is 0.769. The van der Waals surface area contributed by atoms with Gasteiger partial charge in [0, 0.05) is 24.9 Å². The van der Waals surface area contributed by atoms with Crippen molar-refractivity contribution in [3.8, 4) is 0 Å². The zero-order valence-electron chi connectivity index (χ0n) is 14.6. The van der Waals surface area contributed by atoms with Crippen LogP contribution >= 0.6 is 0 Å². The van der Waals surface area contributed by atoms with Crippen LogP contribution in [0.15, 0.2) is 24.3 Å². The Kier molecular flexibility index (Phi) is 4.74. The number of nitrogens with zero attached hydrogens (tertiary/aromatic N) is 2. The third-order valence-corrected chi connectivity index (χ3v) is 5.20. The fraction of sp³-hybridized carbons (Fsp3) is 0.526. The number of ether oxygens (including phenoxy) is 2. The smallest absolute Gasteiger partial charge is 0.254 e. The van der Waals surface area contributed by atoms with Gasteiger partial charge in [-0.3, -0.25) is 19.3 Å². The lowest BCUT2D eigenvalue weighted by Gasteiger charge is -2.38. The van der Waals surface area contributed by atoms with E-state index in [4.69, 9.17) is 9.47 Å². The SMILES string of the molecule is O=C1CCC(=O)N1c1ccc(C(=O)N2CCCCC2C2OCCO2)cc1. The molecule has 3 aliphatic rings. The van der Waals surface area contributed by atoms with Crippen LogP contribution in [0.4, 0.5) is 5.69 Å². The van der Waals surface area contributed by atoms with Crippen molar-refractivity contribution in [3.63, 3.8) is 0 Å². The molecule has 7 nitrogen and oxygen atoms in total. The number of anilines is 1. The lowest BCUT2D eigenvalue weighted by atomic mass is 10.00. The van der Waals surface area contributed by atoms with Crippen LogP contribution in [0.1, 0.15) is 42.5 Å². The molecule has 3 amide bonds. The van der Waals surface area contributed by atoms with Gasteiger partial charge in [-0.15, -0.1) is 0 Å². The fourth-order valence-corrected chi connectivity index (χ4v) is 3.87. The van der Waals surface area contributed by atoms with Gasteiger partial charge in [-0.25, -0.2) is 0 Å². The van der Waals surface area contributed by atoms with E-state index >= 15 is 0 Å². The zero-order chi connectivity index (χ0) is 18.1. The number of hydrogen-bond acceptors (Lipinski definition) is 5. The molecule has 0 aromatic heterocycles. The highest BCUT2D eigenvalue weighted by Crippen LogP contribution is 2.27. The van der Waals surface area contributed by atoms with Crippen molar-refractivity contribution in [2.75, 3.05) is 24.7 Å². The predicted octanol–water partition coefficient (Wildman–Crippen LogP) is 1.71.